The fourth-order valence-electron chi connectivity index (χ4n) is 4.77. The number of β-amino-alcohol motifs (C(OH)–C–C–N with tert-alkyl or cyclic N) is 1. The molecule has 2 atom stereocenters. The average molecular weight is 434 g/mol. The van der Waals surface area contributed by atoms with E-state index in [9.17, 15) is 9.90 Å². The summed E-state index contributed by atoms with van der Waals surface area (Å²) in [6, 6.07) is 16.3. The zero-order valence-electron chi connectivity index (χ0n) is 18.1. The summed E-state index contributed by atoms with van der Waals surface area (Å²) in [5.74, 6) is 0.996. The van der Waals surface area contributed by atoms with Crippen LogP contribution in [0, 0.1) is 6.92 Å². The van der Waals surface area contributed by atoms with Gasteiger partial charge in [-0.1, -0.05) is 48.5 Å². The molecule has 2 heterocycles. The molecule has 2 aromatic carbocycles. The molecule has 1 N–H and O–H groups in total. The van der Waals surface area contributed by atoms with Gasteiger partial charge in [0.2, 0.25) is 11.8 Å². The minimum atomic E-state index is -0.676. The summed E-state index contributed by atoms with van der Waals surface area (Å²) in [5, 5.41) is 18.4. The Morgan fingerprint density at radius 2 is 1.78 bits per heavy atom. The number of carbonyl (C=O) groups is 1. The van der Waals surface area contributed by atoms with E-state index in [0.717, 1.165) is 0 Å². The summed E-state index contributed by atoms with van der Waals surface area (Å²) in [6.07, 6.45) is -1.08. The molecule has 1 aromatic heterocycles. The smallest absolute Gasteiger partial charge is 0.409 e. The van der Waals surface area contributed by atoms with Crippen LogP contribution in [-0.4, -0.2) is 70.1 Å². The number of hydrogen-bond donors (Lipinski definition) is 1. The van der Waals surface area contributed by atoms with Gasteiger partial charge in [0.25, 0.3) is 0 Å². The van der Waals surface area contributed by atoms with Crippen molar-refractivity contribution in [2.24, 2.45) is 0 Å². The number of rotatable bonds is 5. The number of aliphatic hydroxyl groups is 1. The summed E-state index contributed by atoms with van der Waals surface area (Å²) in [6.45, 7) is 3.01. The third kappa shape index (κ3) is 3.76. The van der Waals surface area contributed by atoms with E-state index in [4.69, 9.17) is 9.15 Å². The number of ether oxygens (including phenoxy) is 1. The maximum atomic E-state index is 12.8. The van der Waals surface area contributed by atoms with Crippen molar-refractivity contribution in [1.82, 2.24) is 20.0 Å². The number of carbonyl (C=O) groups excluding carboxylic acids is 1. The van der Waals surface area contributed by atoms with Gasteiger partial charge in [-0.25, -0.2) is 4.79 Å². The molecule has 8 heteroatoms. The Morgan fingerprint density at radius 3 is 2.41 bits per heavy atom. The number of fused-ring (bicyclic) bond motifs is 3. The fourth-order valence-corrected chi connectivity index (χ4v) is 4.77. The quantitative estimate of drug-likeness (QED) is 0.660. The van der Waals surface area contributed by atoms with Crippen LogP contribution in [-0.2, 0) is 11.3 Å². The first kappa shape index (κ1) is 20.7. The van der Waals surface area contributed by atoms with Crippen LogP contribution in [0.15, 0.2) is 52.9 Å². The summed E-state index contributed by atoms with van der Waals surface area (Å²) in [4.78, 5) is 16.3. The van der Waals surface area contributed by atoms with Gasteiger partial charge >= 0.3 is 6.09 Å². The fraction of sp³-hybridized carbons (Fsp3) is 0.375. The molecule has 1 fully saturated rings. The Balaban J connectivity index is 1.22. The molecule has 166 valence electrons. The van der Waals surface area contributed by atoms with Gasteiger partial charge in [-0.05, 0) is 29.3 Å². The van der Waals surface area contributed by atoms with Crippen LogP contribution in [0.4, 0.5) is 4.79 Å². The van der Waals surface area contributed by atoms with E-state index >= 15 is 0 Å². The second-order valence-corrected chi connectivity index (χ2v) is 8.47. The standard InChI is InChI=1S/C24H26N4O4/c1-15-25-26-23(32-15)13-27(2)21-11-28(12-22(21)29)24(30)31-14-20-18-9-5-3-7-16(18)17-8-4-6-10-19(17)20/h3-10,20-22,29H,11-14H2,1-2H3/t21-,22-/m1/s1. The van der Waals surface area contributed by atoms with Gasteiger partial charge in [0, 0.05) is 19.4 Å². The maximum absolute atomic E-state index is 12.8. The van der Waals surface area contributed by atoms with Crippen molar-refractivity contribution in [2.45, 2.75) is 31.5 Å². The molecule has 0 saturated carbocycles. The van der Waals surface area contributed by atoms with Crippen LogP contribution in [0.3, 0.4) is 0 Å². The van der Waals surface area contributed by atoms with Crippen LogP contribution in [0.5, 0.6) is 0 Å². The number of hydrogen-bond acceptors (Lipinski definition) is 7. The summed E-state index contributed by atoms with van der Waals surface area (Å²) in [5.41, 5.74) is 4.74. The Kier molecular flexibility index (Phi) is 5.40. The van der Waals surface area contributed by atoms with Gasteiger partial charge < -0.3 is 19.2 Å². The van der Waals surface area contributed by atoms with Crippen molar-refractivity contribution in [3.05, 3.63) is 71.4 Å². The lowest BCUT2D eigenvalue weighted by atomic mass is 9.98. The van der Waals surface area contributed by atoms with Gasteiger partial charge in [-0.3, -0.25) is 4.90 Å². The van der Waals surface area contributed by atoms with Crippen LogP contribution < -0.4 is 0 Å². The summed E-state index contributed by atoms with van der Waals surface area (Å²) in [7, 11) is 1.87. The lowest BCUT2D eigenvalue weighted by Gasteiger charge is -2.24. The number of nitrogens with zero attached hydrogens (tertiary/aromatic N) is 4. The van der Waals surface area contributed by atoms with E-state index in [1.54, 1.807) is 11.8 Å². The Morgan fingerprint density at radius 1 is 1.12 bits per heavy atom. The van der Waals surface area contributed by atoms with Crippen LogP contribution in [0.1, 0.15) is 28.8 Å². The van der Waals surface area contributed by atoms with Gasteiger partial charge in [0.15, 0.2) is 0 Å². The third-order valence-corrected chi connectivity index (χ3v) is 6.37. The highest BCUT2D eigenvalue weighted by molar-refractivity contribution is 5.79. The molecule has 0 unspecified atom stereocenters. The van der Waals surface area contributed by atoms with E-state index in [1.165, 1.54) is 22.3 Å². The van der Waals surface area contributed by atoms with E-state index in [0.29, 0.717) is 24.9 Å². The van der Waals surface area contributed by atoms with Crippen molar-refractivity contribution in [1.29, 1.82) is 0 Å². The Labute approximate surface area is 186 Å². The van der Waals surface area contributed by atoms with Gasteiger partial charge in [0.1, 0.15) is 6.61 Å². The summed E-state index contributed by atoms with van der Waals surface area (Å²) >= 11 is 0. The van der Waals surface area contributed by atoms with Crippen molar-refractivity contribution in [2.75, 3.05) is 26.7 Å². The van der Waals surface area contributed by atoms with Crippen molar-refractivity contribution < 1.29 is 19.1 Å². The molecule has 0 bridgehead atoms. The highest BCUT2D eigenvalue weighted by Crippen LogP contribution is 2.44. The second kappa shape index (κ2) is 8.37. The first-order valence-corrected chi connectivity index (χ1v) is 10.8. The van der Waals surface area contributed by atoms with Gasteiger partial charge in [-0.15, -0.1) is 10.2 Å². The minimum absolute atomic E-state index is 0.0121. The van der Waals surface area contributed by atoms with E-state index in [-0.39, 0.29) is 25.1 Å². The lowest BCUT2D eigenvalue weighted by molar-refractivity contribution is 0.0884. The molecular weight excluding hydrogens is 408 g/mol. The molecule has 2 aliphatic rings. The van der Waals surface area contributed by atoms with Crippen molar-refractivity contribution in [3.8, 4) is 11.1 Å². The predicted molar refractivity (Wildman–Crippen MR) is 117 cm³/mol. The topological polar surface area (TPSA) is 91.9 Å². The normalized spacial score (nSPS) is 19.9. The highest BCUT2D eigenvalue weighted by Gasteiger charge is 2.38. The first-order valence-electron chi connectivity index (χ1n) is 10.8. The second-order valence-electron chi connectivity index (χ2n) is 8.47. The Hall–Kier alpha value is -3.23. The number of benzene rings is 2. The predicted octanol–water partition coefficient (Wildman–Crippen LogP) is 2.80. The van der Waals surface area contributed by atoms with Crippen LogP contribution >= 0.6 is 0 Å². The van der Waals surface area contributed by atoms with Gasteiger partial charge in [-0.2, -0.15) is 0 Å². The SMILES string of the molecule is Cc1nnc(CN(C)[C@@H]2CN(C(=O)OCC3c4ccccc4-c4ccccc43)C[C@H]2O)o1. The molecule has 1 saturated heterocycles. The molecule has 32 heavy (non-hydrogen) atoms. The lowest BCUT2D eigenvalue weighted by Crippen LogP contribution is -2.40. The van der Waals surface area contributed by atoms with Crippen LogP contribution in [0.2, 0.25) is 0 Å². The molecule has 0 radical (unpaired) electrons. The molecule has 1 amide bonds. The van der Waals surface area contributed by atoms with Crippen molar-refractivity contribution in [3.63, 3.8) is 0 Å². The molecule has 0 spiro atoms. The largest absolute Gasteiger partial charge is 0.448 e. The number of likely N-dealkylation sites (tertiary alicyclic amines) is 1. The first-order chi connectivity index (χ1) is 15.5. The zero-order valence-corrected chi connectivity index (χ0v) is 18.1. The average Bonchev–Trinajstić information content (AvgIpc) is 3.47. The number of aromatic nitrogens is 2. The van der Waals surface area contributed by atoms with E-state index < -0.39 is 12.2 Å². The Bertz CT molecular complexity index is 1080. The number of likely N-dealkylation sites (N-methyl/N-ethyl adjacent to an activating group) is 1. The molecular formula is C24H26N4O4. The van der Waals surface area contributed by atoms with Gasteiger partial charge in [0.05, 0.1) is 25.2 Å². The third-order valence-electron chi connectivity index (χ3n) is 6.37. The molecule has 1 aliphatic carbocycles. The monoisotopic (exact) mass is 434 g/mol. The molecule has 1 aliphatic heterocycles. The van der Waals surface area contributed by atoms with E-state index in [1.807, 2.05) is 36.2 Å². The van der Waals surface area contributed by atoms with Crippen molar-refractivity contribution >= 4 is 6.09 Å². The van der Waals surface area contributed by atoms with Crippen LogP contribution in [0.25, 0.3) is 11.1 Å². The number of aryl methyl sites for hydroxylation is 1. The highest BCUT2D eigenvalue weighted by atomic mass is 16.6. The number of amides is 1. The minimum Gasteiger partial charge on any atom is -0.448 e. The maximum Gasteiger partial charge on any atom is 0.409 e. The molecule has 5 rings (SSSR count). The number of aliphatic hydroxyl groups excluding tert-OH is 1. The molecule has 8 nitrogen and oxygen atoms in total. The zero-order chi connectivity index (χ0) is 22.2. The molecule has 3 aromatic rings. The van der Waals surface area contributed by atoms with E-state index in [2.05, 4.69) is 34.5 Å². The summed E-state index contributed by atoms with van der Waals surface area (Å²) < 4.78 is 11.2.